The Kier molecular flexibility index (Phi) is 14.1. The first-order chi connectivity index (χ1) is 6.63. The minimum absolute atomic E-state index is 0.0601. The summed E-state index contributed by atoms with van der Waals surface area (Å²) in [5.41, 5.74) is 0. The van der Waals surface area contributed by atoms with Gasteiger partial charge in [-0.25, -0.2) is 0 Å². The van der Waals surface area contributed by atoms with E-state index in [0.29, 0.717) is 6.61 Å². The molecule has 0 N–H and O–H groups in total. The second kappa shape index (κ2) is 12.4. The summed E-state index contributed by atoms with van der Waals surface area (Å²) >= 11 is 0. The number of hydrogen-bond acceptors (Lipinski definition) is 3. The van der Waals surface area contributed by atoms with Crippen LogP contribution in [-0.2, 0) is 14.3 Å². The molecule has 1 atom stereocenters. The molecule has 0 aromatic carbocycles. The Bertz CT molecular complexity index is 122. The average molecular weight is 204 g/mol. The molecule has 0 radical (unpaired) electrons. The number of carbonyl (C=O) groups is 1. The van der Waals surface area contributed by atoms with Gasteiger partial charge in [-0.3, -0.25) is 4.79 Å². The summed E-state index contributed by atoms with van der Waals surface area (Å²) in [6, 6.07) is 0. The highest BCUT2D eigenvalue weighted by molar-refractivity contribution is 5.71. The predicted molar refractivity (Wildman–Crippen MR) is 58.3 cm³/mol. The maximum absolute atomic E-state index is 10.8. The maximum atomic E-state index is 10.8. The SMILES string of the molecule is CCOC(=O)C(C)CC.CCOCC. The van der Waals surface area contributed by atoms with Crippen LogP contribution in [0.25, 0.3) is 0 Å². The van der Waals surface area contributed by atoms with E-state index in [4.69, 9.17) is 9.47 Å². The van der Waals surface area contributed by atoms with Crippen LogP contribution in [0.1, 0.15) is 41.0 Å². The van der Waals surface area contributed by atoms with Gasteiger partial charge in [0.25, 0.3) is 0 Å². The molecule has 3 heteroatoms. The number of rotatable bonds is 5. The molecular formula is C11H24O3. The summed E-state index contributed by atoms with van der Waals surface area (Å²) in [5, 5.41) is 0. The highest BCUT2D eigenvalue weighted by Gasteiger charge is 2.09. The van der Waals surface area contributed by atoms with Crippen LogP contribution >= 0.6 is 0 Å². The van der Waals surface area contributed by atoms with Crippen molar-refractivity contribution in [1.29, 1.82) is 0 Å². The fourth-order valence-electron chi connectivity index (χ4n) is 0.655. The van der Waals surface area contributed by atoms with Crippen LogP contribution in [-0.4, -0.2) is 25.8 Å². The van der Waals surface area contributed by atoms with Crippen molar-refractivity contribution in [3.05, 3.63) is 0 Å². The molecule has 1 unspecified atom stereocenters. The van der Waals surface area contributed by atoms with Gasteiger partial charge < -0.3 is 9.47 Å². The Labute approximate surface area is 87.8 Å². The van der Waals surface area contributed by atoms with Crippen molar-refractivity contribution < 1.29 is 14.3 Å². The molecule has 0 saturated carbocycles. The van der Waals surface area contributed by atoms with Crippen molar-refractivity contribution in [1.82, 2.24) is 0 Å². The summed E-state index contributed by atoms with van der Waals surface area (Å²) in [7, 11) is 0. The van der Waals surface area contributed by atoms with Gasteiger partial charge in [-0.1, -0.05) is 13.8 Å². The van der Waals surface area contributed by atoms with Crippen LogP contribution in [0.5, 0.6) is 0 Å². The number of carbonyl (C=O) groups excluding carboxylic acids is 1. The zero-order chi connectivity index (χ0) is 11.4. The standard InChI is InChI=1S/C7H14O2.C4H10O/c1-4-6(3)7(8)9-5-2;1-3-5-4-2/h6H,4-5H2,1-3H3;3-4H2,1-2H3. The van der Waals surface area contributed by atoms with Crippen molar-refractivity contribution in [2.24, 2.45) is 5.92 Å². The Morgan fingerprint density at radius 3 is 1.79 bits per heavy atom. The van der Waals surface area contributed by atoms with Crippen LogP contribution in [0.4, 0.5) is 0 Å². The molecular weight excluding hydrogens is 180 g/mol. The van der Waals surface area contributed by atoms with Gasteiger partial charge in [-0.15, -0.1) is 0 Å². The van der Waals surface area contributed by atoms with Crippen LogP contribution in [0.3, 0.4) is 0 Å². The van der Waals surface area contributed by atoms with Crippen LogP contribution in [0.2, 0.25) is 0 Å². The molecule has 86 valence electrons. The molecule has 0 amide bonds. The topological polar surface area (TPSA) is 35.5 Å². The lowest BCUT2D eigenvalue weighted by molar-refractivity contribution is -0.147. The fourth-order valence-corrected chi connectivity index (χ4v) is 0.655. The van der Waals surface area contributed by atoms with Crippen LogP contribution in [0, 0.1) is 5.92 Å². The molecule has 0 aliphatic rings. The first kappa shape index (κ1) is 15.9. The summed E-state index contributed by atoms with van der Waals surface area (Å²) in [5.74, 6) is -0.0232. The maximum Gasteiger partial charge on any atom is 0.308 e. The molecule has 0 aromatic rings. The van der Waals surface area contributed by atoms with E-state index >= 15 is 0 Å². The van der Waals surface area contributed by atoms with Gasteiger partial charge in [0.2, 0.25) is 0 Å². The molecule has 0 spiro atoms. The van der Waals surface area contributed by atoms with Crippen molar-refractivity contribution >= 4 is 5.97 Å². The quantitative estimate of drug-likeness (QED) is 0.646. The summed E-state index contributed by atoms with van der Waals surface area (Å²) in [6.07, 6.45) is 0.860. The molecule has 0 heterocycles. The van der Waals surface area contributed by atoms with Gasteiger partial charge >= 0.3 is 5.97 Å². The molecule has 0 bridgehead atoms. The number of esters is 1. The molecule has 0 aromatic heterocycles. The lowest BCUT2D eigenvalue weighted by atomic mass is 10.1. The summed E-state index contributed by atoms with van der Waals surface area (Å²) in [6.45, 7) is 11.8. The molecule has 0 aliphatic carbocycles. The first-order valence-electron chi connectivity index (χ1n) is 5.38. The molecule has 14 heavy (non-hydrogen) atoms. The van der Waals surface area contributed by atoms with Crippen molar-refractivity contribution in [2.75, 3.05) is 19.8 Å². The van der Waals surface area contributed by atoms with Gasteiger partial charge in [0.05, 0.1) is 12.5 Å². The summed E-state index contributed by atoms with van der Waals surface area (Å²) in [4.78, 5) is 10.8. The lowest BCUT2D eigenvalue weighted by Crippen LogP contribution is -2.13. The van der Waals surface area contributed by atoms with Gasteiger partial charge in [0, 0.05) is 13.2 Å². The van der Waals surface area contributed by atoms with Crippen molar-refractivity contribution in [3.63, 3.8) is 0 Å². The number of ether oxygens (including phenoxy) is 2. The minimum Gasteiger partial charge on any atom is -0.466 e. The highest BCUT2D eigenvalue weighted by atomic mass is 16.5. The van der Waals surface area contributed by atoms with E-state index in [-0.39, 0.29) is 11.9 Å². The third-order valence-electron chi connectivity index (χ3n) is 1.71. The Hall–Kier alpha value is -0.570. The second-order valence-corrected chi connectivity index (χ2v) is 2.84. The van der Waals surface area contributed by atoms with E-state index < -0.39 is 0 Å². The smallest absolute Gasteiger partial charge is 0.308 e. The first-order valence-corrected chi connectivity index (χ1v) is 5.38. The largest absolute Gasteiger partial charge is 0.466 e. The van der Waals surface area contributed by atoms with Crippen molar-refractivity contribution in [2.45, 2.75) is 41.0 Å². The van der Waals surface area contributed by atoms with E-state index in [9.17, 15) is 4.79 Å². The zero-order valence-corrected chi connectivity index (χ0v) is 10.1. The zero-order valence-electron chi connectivity index (χ0n) is 10.1. The normalized spacial score (nSPS) is 11.2. The lowest BCUT2D eigenvalue weighted by Gasteiger charge is -2.05. The fraction of sp³-hybridized carbons (Fsp3) is 0.909. The summed E-state index contributed by atoms with van der Waals surface area (Å²) < 4.78 is 9.59. The van der Waals surface area contributed by atoms with Crippen molar-refractivity contribution in [3.8, 4) is 0 Å². The Balaban J connectivity index is 0. The molecule has 0 rings (SSSR count). The van der Waals surface area contributed by atoms with E-state index in [0.717, 1.165) is 19.6 Å². The molecule has 3 nitrogen and oxygen atoms in total. The van der Waals surface area contributed by atoms with E-state index in [1.807, 2.05) is 34.6 Å². The van der Waals surface area contributed by atoms with Crippen LogP contribution < -0.4 is 0 Å². The average Bonchev–Trinajstić information content (AvgIpc) is 2.19. The van der Waals surface area contributed by atoms with Gasteiger partial charge in [0.15, 0.2) is 0 Å². The second-order valence-electron chi connectivity index (χ2n) is 2.84. The van der Waals surface area contributed by atoms with Gasteiger partial charge in [0.1, 0.15) is 0 Å². The third-order valence-corrected chi connectivity index (χ3v) is 1.71. The van der Waals surface area contributed by atoms with Gasteiger partial charge in [-0.2, -0.15) is 0 Å². The highest BCUT2D eigenvalue weighted by Crippen LogP contribution is 2.01. The molecule has 0 saturated heterocycles. The monoisotopic (exact) mass is 204 g/mol. The molecule has 0 aliphatic heterocycles. The predicted octanol–water partition coefficient (Wildman–Crippen LogP) is 2.64. The van der Waals surface area contributed by atoms with E-state index in [1.54, 1.807) is 0 Å². The minimum atomic E-state index is -0.0833. The Morgan fingerprint density at radius 1 is 1.07 bits per heavy atom. The Morgan fingerprint density at radius 2 is 1.57 bits per heavy atom. The number of hydrogen-bond donors (Lipinski definition) is 0. The van der Waals surface area contributed by atoms with E-state index in [1.165, 1.54) is 0 Å². The van der Waals surface area contributed by atoms with Crippen LogP contribution in [0.15, 0.2) is 0 Å². The third kappa shape index (κ3) is 11.4. The van der Waals surface area contributed by atoms with Gasteiger partial charge in [-0.05, 0) is 27.2 Å². The molecule has 0 fully saturated rings. The van der Waals surface area contributed by atoms with E-state index in [2.05, 4.69) is 0 Å².